The predicted octanol–water partition coefficient (Wildman–Crippen LogP) is 18.8. The lowest BCUT2D eigenvalue weighted by Gasteiger charge is -2.28. The molecule has 0 spiro atoms. The van der Waals surface area contributed by atoms with Gasteiger partial charge in [-0.05, 0) is 133 Å². The van der Waals surface area contributed by atoms with Crippen molar-refractivity contribution in [3.8, 4) is 44.5 Å². The van der Waals surface area contributed by atoms with Crippen molar-refractivity contribution >= 4 is 66.4 Å². The van der Waals surface area contributed by atoms with E-state index in [1.807, 2.05) is 0 Å². The molecule has 0 aromatic heterocycles. The number of benzene rings is 12. The van der Waals surface area contributed by atoms with Crippen LogP contribution >= 0.6 is 0 Å². The molecule has 0 saturated heterocycles. The van der Waals surface area contributed by atoms with Gasteiger partial charge in [-0.25, -0.2) is 0 Å². The molecule has 0 amide bonds. The summed E-state index contributed by atoms with van der Waals surface area (Å²) in [6, 6.07) is 101. The quantitative estimate of drug-likeness (QED) is 0.126. The zero-order chi connectivity index (χ0) is 45.2. The van der Waals surface area contributed by atoms with Gasteiger partial charge in [0, 0.05) is 33.5 Å². The second-order valence-electron chi connectivity index (χ2n) is 17.3. The van der Waals surface area contributed by atoms with Crippen molar-refractivity contribution in [3.63, 3.8) is 0 Å². The largest absolute Gasteiger partial charge is 0.310 e. The van der Waals surface area contributed by atoms with Crippen molar-refractivity contribution in [1.82, 2.24) is 0 Å². The summed E-state index contributed by atoms with van der Waals surface area (Å²) in [5, 5.41) is 7.33. The molecule has 2 heteroatoms. The summed E-state index contributed by atoms with van der Waals surface area (Å²) in [6.45, 7) is 0. The van der Waals surface area contributed by atoms with Crippen LogP contribution < -0.4 is 9.80 Å². The molecule has 2 nitrogen and oxygen atoms in total. The maximum Gasteiger partial charge on any atom is 0.0546 e. The molecule has 0 fully saturated rings. The first-order valence-corrected chi connectivity index (χ1v) is 23.3. The first kappa shape index (κ1) is 40.5. The van der Waals surface area contributed by atoms with Gasteiger partial charge in [0.2, 0.25) is 0 Å². The normalized spacial score (nSPS) is 11.2. The Kier molecular flexibility index (Phi) is 10.6. The van der Waals surface area contributed by atoms with Gasteiger partial charge < -0.3 is 9.80 Å². The summed E-state index contributed by atoms with van der Waals surface area (Å²) >= 11 is 0. The highest BCUT2D eigenvalue weighted by Crippen LogP contribution is 2.44. The third-order valence-electron chi connectivity index (χ3n) is 13.2. The minimum absolute atomic E-state index is 1.09. The molecule has 12 aromatic carbocycles. The van der Waals surface area contributed by atoms with E-state index in [4.69, 9.17) is 0 Å². The molecule has 0 bridgehead atoms. The van der Waals surface area contributed by atoms with Crippen molar-refractivity contribution in [2.24, 2.45) is 0 Å². The average Bonchev–Trinajstić information content (AvgIpc) is 3.42. The molecule has 0 unspecified atom stereocenters. The van der Waals surface area contributed by atoms with Gasteiger partial charge in [0.15, 0.2) is 0 Å². The number of anilines is 6. The minimum Gasteiger partial charge on any atom is -0.310 e. The van der Waals surface area contributed by atoms with Crippen LogP contribution in [0.3, 0.4) is 0 Å². The molecule has 12 rings (SSSR count). The fourth-order valence-electron chi connectivity index (χ4n) is 9.83. The third-order valence-corrected chi connectivity index (χ3v) is 13.2. The van der Waals surface area contributed by atoms with Gasteiger partial charge in [-0.3, -0.25) is 0 Å². The van der Waals surface area contributed by atoms with E-state index < -0.39 is 0 Å². The van der Waals surface area contributed by atoms with Gasteiger partial charge in [0.1, 0.15) is 0 Å². The maximum atomic E-state index is 2.41. The highest BCUT2D eigenvalue weighted by atomic mass is 15.1. The Morgan fingerprint density at radius 1 is 0.176 bits per heavy atom. The molecule has 0 saturated carbocycles. The monoisotopic (exact) mass is 866 g/mol. The lowest BCUT2D eigenvalue weighted by molar-refractivity contribution is 1.29. The van der Waals surface area contributed by atoms with Crippen LogP contribution in [0.2, 0.25) is 0 Å². The maximum absolute atomic E-state index is 2.41. The second-order valence-corrected chi connectivity index (χ2v) is 17.3. The molecular weight excluding hydrogens is 821 g/mol. The van der Waals surface area contributed by atoms with Crippen molar-refractivity contribution in [3.05, 3.63) is 279 Å². The Morgan fingerprint density at radius 3 is 1.04 bits per heavy atom. The fraction of sp³-hybridized carbons (Fsp3) is 0. The summed E-state index contributed by atoms with van der Waals surface area (Å²) in [6.07, 6.45) is 0. The Bertz CT molecular complexity index is 3690. The molecule has 0 aliphatic heterocycles. The van der Waals surface area contributed by atoms with Gasteiger partial charge in [-0.15, -0.1) is 0 Å². The number of hydrogen-bond acceptors (Lipinski definition) is 2. The van der Waals surface area contributed by atoms with Gasteiger partial charge in [0.05, 0.1) is 11.4 Å². The third kappa shape index (κ3) is 7.74. The van der Waals surface area contributed by atoms with Crippen LogP contribution in [-0.4, -0.2) is 0 Å². The van der Waals surface area contributed by atoms with E-state index in [1.54, 1.807) is 0 Å². The molecule has 0 aliphatic carbocycles. The average molecular weight is 867 g/mol. The standard InChI is InChI=1S/C66H46N2/c1-3-15-47(16-4-1)49-29-39-59(40-30-49)68(66-46-56-20-8-9-24-61(56)63-26-11-12-27-64(63)66)60-41-33-51(34-42-60)50-31-37-57(38-32-50)67(65-28-14-21-53-19-7-10-25-62(53)65)58-43-35-52(36-44-58)55-23-13-22-54(45-55)48-17-5-2-6-18-48/h1-46H. The number of hydrogen-bond donors (Lipinski definition) is 0. The summed E-state index contributed by atoms with van der Waals surface area (Å²) in [4.78, 5) is 4.79. The van der Waals surface area contributed by atoms with Crippen LogP contribution in [0.25, 0.3) is 76.8 Å². The van der Waals surface area contributed by atoms with Crippen LogP contribution in [-0.2, 0) is 0 Å². The highest BCUT2D eigenvalue weighted by Gasteiger charge is 2.19. The lowest BCUT2D eigenvalue weighted by Crippen LogP contribution is -2.11. The number of fused-ring (bicyclic) bond motifs is 4. The number of nitrogens with zero attached hydrogens (tertiary/aromatic N) is 2. The Hall–Kier alpha value is -8.98. The molecular formula is C66H46N2. The predicted molar refractivity (Wildman–Crippen MR) is 290 cm³/mol. The summed E-state index contributed by atoms with van der Waals surface area (Å²) < 4.78 is 0. The Morgan fingerprint density at radius 2 is 0.515 bits per heavy atom. The molecule has 12 aromatic rings. The Balaban J connectivity index is 0.903. The van der Waals surface area contributed by atoms with Crippen molar-refractivity contribution in [2.45, 2.75) is 0 Å². The smallest absolute Gasteiger partial charge is 0.0546 e. The van der Waals surface area contributed by atoms with E-state index in [0.717, 1.165) is 45.3 Å². The summed E-state index contributed by atoms with van der Waals surface area (Å²) in [5.41, 5.74) is 16.2. The highest BCUT2D eigenvalue weighted by molar-refractivity contribution is 6.14. The van der Waals surface area contributed by atoms with Gasteiger partial charge in [0.25, 0.3) is 0 Å². The van der Waals surface area contributed by atoms with E-state index in [1.165, 1.54) is 65.7 Å². The topological polar surface area (TPSA) is 6.48 Å². The molecule has 0 heterocycles. The minimum atomic E-state index is 1.09. The first-order valence-electron chi connectivity index (χ1n) is 23.3. The second kappa shape index (κ2) is 17.8. The first-order chi connectivity index (χ1) is 33.7. The van der Waals surface area contributed by atoms with Crippen molar-refractivity contribution in [1.29, 1.82) is 0 Å². The van der Waals surface area contributed by atoms with E-state index in [2.05, 4.69) is 289 Å². The van der Waals surface area contributed by atoms with E-state index in [-0.39, 0.29) is 0 Å². The summed E-state index contributed by atoms with van der Waals surface area (Å²) in [5.74, 6) is 0. The molecule has 68 heavy (non-hydrogen) atoms. The lowest BCUT2D eigenvalue weighted by atomic mass is 9.98. The molecule has 0 atom stereocenters. The zero-order valence-corrected chi connectivity index (χ0v) is 37.5. The van der Waals surface area contributed by atoms with Crippen LogP contribution in [0.15, 0.2) is 279 Å². The van der Waals surface area contributed by atoms with Gasteiger partial charge in [-0.2, -0.15) is 0 Å². The van der Waals surface area contributed by atoms with Crippen LogP contribution in [0, 0.1) is 0 Å². The Labute approximate surface area is 397 Å². The van der Waals surface area contributed by atoms with Crippen LogP contribution in [0.1, 0.15) is 0 Å². The zero-order valence-electron chi connectivity index (χ0n) is 37.5. The van der Waals surface area contributed by atoms with Crippen molar-refractivity contribution < 1.29 is 0 Å². The molecule has 320 valence electrons. The van der Waals surface area contributed by atoms with Crippen LogP contribution in [0.5, 0.6) is 0 Å². The van der Waals surface area contributed by atoms with Crippen molar-refractivity contribution in [2.75, 3.05) is 9.80 Å². The molecule has 0 radical (unpaired) electrons. The SMILES string of the molecule is c1ccc(-c2ccc(N(c3ccc(-c4ccc(N(c5ccc(-c6cccc(-c7ccccc7)c6)cc5)c5cccc6ccccc56)cc4)cc3)c3cc4ccccc4c4ccccc34)cc2)cc1. The van der Waals surface area contributed by atoms with Crippen LogP contribution in [0.4, 0.5) is 34.1 Å². The number of rotatable bonds is 10. The molecule has 0 N–H and O–H groups in total. The summed E-state index contributed by atoms with van der Waals surface area (Å²) in [7, 11) is 0. The van der Waals surface area contributed by atoms with E-state index in [9.17, 15) is 0 Å². The van der Waals surface area contributed by atoms with Gasteiger partial charge >= 0.3 is 0 Å². The molecule has 0 aliphatic rings. The van der Waals surface area contributed by atoms with E-state index >= 15 is 0 Å². The van der Waals surface area contributed by atoms with Gasteiger partial charge in [-0.1, -0.05) is 212 Å². The fourth-order valence-corrected chi connectivity index (χ4v) is 9.83. The van der Waals surface area contributed by atoms with E-state index in [0.29, 0.717) is 0 Å².